The summed E-state index contributed by atoms with van der Waals surface area (Å²) in [6, 6.07) is 8.97. The molecule has 0 aliphatic carbocycles. The van der Waals surface area contributed by atoms with Gasteiger partial charge in [-0.3, -0.25) is 9.59 Å². The van der Waals surface area contributed by atoms with Crippen LogP contribution in [0.25, 0.3) is 16.7 Å². The topological polar surface area (TPSA) is 64.0 Å². The van der Waals surface area contributed by atoms with E-state index in [0.29, 0.717) is 16.7 Å². The molecule has 3 aromatic rings. The van der Waals surface area contributed by atoms with Gasteiger partial charge in [-0.15, -0.1) is 0 Å². The number of benzene rings is 1. The molecule has 2 aromatic heterocycles. The summed E-state index contributed by atoms with van der Waals surface area (Å²) >= 11 is 0. The maximum absolute atomic E-state index is 13.1. The van der Waals surface area contributed by atoms with Crippen molar-refractivity contribution < 1.29 is 9.18 Å². The van der Waals surface area contributed by atoms with Crippen LogP contribution in [0.4, 0.5) is 4.39 Å². The van der Waals surface area contributed by atoms with Crippen LogP contribution in [0.3, 0.4) is 0 Å². The van der Waals surface area contributed by atoms with Crippen molar-refractivity contribution >= 4 is 16.9 Å². The van der Waals surface area contributed by atoms with E-state index in [-0.39, 0.29) is 16.8 Å². The average Bonchev–Trinajstić information content (AvgIpc) is 2.56. The molecule has 0 fully saturated rings. The number of fused-ring (bicyclic) bond motifs is 1. The molecule has 0 saturated carbocycles. The van der Waals surface area contributed by atoms with Gasteiger partial charge in [0.1, 0.15) is 17.0 Å². The Morgan fingerprint density at radius 1 is 1.23 bits per heavy atom. The van der Waals surface area contributed by atoms with Crippen molar-refractivity contribution in [3.05, 3.63) is 70.4 Å². The van der Waals surface area contributed by atoms with Gasteiger partial charge < -0.3 is 9.88 Å². The highest BCUT2D eigenvalue weighted by atomic mass is 19.1. The van der Waals surface area contributed by atoms with E-state index < -0.39 is 5.91 Å². The van der Waals surface area contributed by atoms with Crippen LogP contribution in [0.5, 0.6) is 0 Å². The number of carbonyl (C=O) groups is 1. The van der Waals surface area contributed by atoms with E-state index in [1.165, 1.54) is 25.4 Å². The smallest absolute Gasteiger partial charge is 0.256 e. The molecule has 0 unspecified atom stereocenters. The summed E-state index contributed by atoms with van der Waals surface area (Å²) in [5.74, 6) is -0.847. The quantitative estimate of drug-likeness (QED) is 0.785. The third kappa shape index (κ3) is 2.24. The Hall–Kier alpha value is -3.02. The summed E-state index contributed by atoms with van der Waals surface area (Å²) in [5.41, 5.74) is 0.634. The Kier molecular flexibility index (Phi) is 3.42. The second kappa shape index (κ2) is 5.40. The third-order valence-electron chi connectivity index (χ3n) is 3.34. The first kappa shape index (κ1) is 13.9. The summed E-state index contributed by atoms with van der Waals surface area (Å²) in [6.07, 6.45) is 2.98. The normalized spacial score (nSPS) is 10.6. The Bertz CT molecular complexity index is 917. The van der Waals surface area contributed by atoms with Gasteiger partial charge in [0.25, 0.3) is 5.91 Å². The number of nitrogens with zero attached hydrogens (tertiary/aromatic N) is 2. The second-order valence-electron chi connectivity index (χ2n) is 4.67. The van der Waals surface area contributed by atoms with Gasteiger partial charge in [-0.25, -0.2) is 9.37 Å². The van der Waals surface area contributed by atoms with Gasteiger partial charge in [0.15, 0.2) is 0 Å². The Morgan fingerprint density at radius 2 is 1.95 bits per heavy atom. The van der Waals surface area contributed by atoms with Crippen molar-refractivity contribution in [3.8, 4) is 5.69 Å². The zero-order chi connectivity index (χ0) is 15.7. The molecule has 0 bridgehead atoms. The molecule has 0 atom stereocenters. The van der Waals surface area contributed by atoms with Crippen LogP contribution in [0.2, 0.25) is 0 Å². The molecule has 0 aliphatic heterocycles. The molecule has 1 N–H and O–H groups in total. The minimum atomic E-state index is -0.480. The summed E-state index contributed by atoms with van der Waals surface area (Å²) in [5, 5.41) is 2.77. The monoisotopic (exact) mass is 297 g/mol. The fraction of sp³-hybridized carbons (Fsp3) is 0.0625. The minimum Gasteiger partial charge on any atom is -0.355 e. The van der Waals surface area contributed by atoms with Crippen LogP contribution < -0.4 is 10.7 Å². The Balaban J connectivity index is 2.38. The molecule has 22 heavy (non-hydrogen) atoms. The molecule has 1 amide bonds. The first-order valence-electron chi connectivity index (χ1n) is 6.60. The molecule has 3 rings (SSSR count). The van der Waals surface area contributed by atoms with Gasteiger partial charge >= 0.3 is 0 Å². The summed E-state index contributed by atoms with van der Waals surface area (Å²) in [7, 11) is 1.46. The highest BCUT2D eigenvalue weighted by Gasteiger charge is 2.15. The van der Waals surface area contributed by atoms with Crippen molar-refractivity contribution in [3.63, 3.8) is 0 Å². The zero-order valence-corrected chi connectivity index (χ0v) is 11.7. The van der Waals surface area contributed by atoms with Gasteiger partial charge in [0.2, 0.25) is 5.43 Å². The first-order valence-corrected chi connectivity index (χ1v) is 6.60. The number of halogens is 1. The molecule has 1 aromatic carbocycles. The second-order valence-corrected chi connectivity index (χ2v) is 4.67. The van der Waals surface area contributed by atoms with Crippen LogP contribution in [-0.2, 0) is 0 Å². The molecule has 0 aliphatic rings. The molecule has 0 spiro atoms. The van der Waals surface area contributed by atoms with E-state index in [0.717, 1.165) is 0 Å². The summed E-state index contributed by atoms with van der Waals surface area (Å²) in [4.78, 5) is 28.5. The largest absolute Gasteiger partial charge is 0.355 e. The highest BCUT2D eigenvalue weighted by molar-refractivity contribution is 5.96. The van der Waals surface area contributed by atoms with E-state index in [1.54, 1.807) is 35.0 Å². The lowest BCUT2D eigenvalue weighted by Gasteiger charge is -2.12. The predicted octanol–water partition coefficient (Wildman–Crippen LogP) is 1.88. The Labute approximate surface area is 125 Å². The molecule has 0 radical (unpaired) electrons. The summed E-state index contributed by atoms with van der Waals surface area (Å²) < 4.78 is 14.7. The molecule has 0 saturated heterocycles. The number of aromatic nitrogens is 2. The fourth-order valence-corrected chi connectivity index (χ4v) is 2.26. The van der Waals surface area contributed by atoms with E-state index >= 15 is 0 Å². The van der Waals surface area contributed by atoms with E-state index in [9.17, 15) is 14.0 Å². The lowest BCUT2D eigenvalue weighted by Crippen LogP contribution is -2.27. The number of hydrogen-bond acceptors (Lipinski definition) is 3. The van der Waals surface area contributed by atoms with E-state index in [1.807, 2.05) is 0 Å². The van der Waals surface area contributed by atoms with Crippen LogP contribution in [-0.4, -0.2) is 22.5 Å². The van der Waals surface area contributed by atoms with Crippen molar-refractivity contribution in [2.75, 3.05) is 7.05 Å². The van der Waals surface area contributed by atoms with E-state index in [2.05, 4.69) is 10.3 Å². The number of hydrogen-bond donors (Lipinski definition) is 1. The van der Waals surface area contributed by atoms with Crippen LogP contribution in [0.1, 0.15) is 10.4 Å². The van der Waals surface area contributed by atoms with Crippen molar-refractivity contribution in [2.24, 2.45) is 0 Å². The first-order chi connectivity index (χ1) is 10.6. The molecular weight excluding hydrogens is 285 g/mol. The van der Waals surface area contributed by atoms with Gasteiger partial charge in [0, 0.05) is 25.1 Å². The van der Waals surface area contributed by atoms with Crippen LogP contribution in [0, 0.1) is 5.82 Å². The van der Waals surface area contributed by atoms with E-state index in [4.69, 9.17) is 0 Å². The molecule has 6 heteroatoms. The van der Waals surface area contributed by atoms with Gasteiger partial charge in [-0.2, -0.15) is 0 Å². The molecule has 2 heterocycles. The van der Waals surface area contributed by atoms with Gasteiger partial charge in [-0.1, -0.05) is 0 Å². The van der Waals surface area contributed by atoms with Crippen LogP contribution in [0.15, 0.2) is 53.6 Å². The van der Waals surface area contributed by atoms with Crippen molar-refractivity contribution in [1.82, 2.24) is 14.9 Å². The number of rotatable bonds is 2. The maximum Gasteiger partial charge on any atom is 0.256 e. The number of amides is 1. The molecule has 110 valence electrons. The number of carbonyl (C=O) groups excluding carboxylic acids is 1. The maximum atomic E-state index is 13.1. The SMILES string of the molecule is CNC(=O)c1cn(-c2ccc(F)cc2)c2ncccc2c1=O. The molecule has 5 nitrogen and oxygen atoms in total. The number of nitrogens with one attached hydrogen (secondary N) is 1. The standard InChI is InChI=1S/C16H12FN3O2/c1-18-16(22)13-9-20(11-6-4-10(17)5-7-11)15-12(14(13)21)3-2-8-19-15/h2-9H,1H3,(H,18,22). The van der Waals surface area contributed by atoms with Crippen LogP contribution >= 0.6 is 0 Å². The average molecular weight is 297 g/mol. The fourth-order valence-electron chi connectivity index (χ4n) is 2.26. The zero-order valence-electron chi connectivity index (χ0n) is 11.7. The van der Waals surface area contributed by atoms with Crippen molar-refractivity contribution in [2.45, 2.75) is 0 Å². The highest BCUT2D eigenvalue weighted by Crippen LogP contribution is 2.16. The summed E-state index contributed by atoms with van der Waals surface area (Å²) in [6.45, 7) is 0. The molecular formula is C16H12FN3O2. The third-order valence-corrected chi connectivity index (χ3v) is 3.34. The minimum absolute atomic E-state index is 0.00678. The van der Waals surface area contributed by atoms with Gasteiger partial charge in [0.05, 0.1) is 5.39 Å². The Morgan fingerprint density at radius 3 is 2.64 bits per heavy atom. The van der Waals surface area contributed by atoms with Crippen molar-refractivity contribution in [1.29, 1.82) is 0 Å². The predicted molar refractivity (Wildman–Crippen MR) is 80.7 cm³/mol. The number of pyridine rings is 2. The van der Waals surface area contributed by atoms with Gasteiger partial charge in [-0.05, 0) is 36.4 Å². The lowest BCUT2D eigenvalue weighted by molar-refractivity contribution is 0.0961. The lowest BCUT2D eigenvalue weighted by atomic mass is 10.1.